The third kappa shape index (κ3) is 4.77. The van der Waals surface area contributed by atoms with Gasteiger partial charge in [-0.1, -0.05) is 0 Å². The number of pyridine rings is 1. The number of amides is 1. The number of ether oxygens (including phenoxy) is 2. The van der Waals surface area contributed by atoms with Crippen molar-refractivity contribution in [3.05, 3.63) is 18.5 Å². The third-order valence-electron chi connectivity index (χ3n) is 4.63. The molecule has 0 unspecified atom stereocenters. The Labute approximate surface area is 150 Å². The van der Waals surface area contributed by atoms with Crippen LogP contribution >= 0.6 is 0 Å². The Morgan fingerprint density at radius 2 is 1.96 bits per heavy atom. The van der Waals surface area contributed by atoms with Crippen LogP contribution in [0.4, 0.5) is 10.5 Å². The van der Waals surface area contributed by atoms with E-state index in [-0.39, 0.29) is 12.1 Å². The van der Waals surface area contributed by atoms with Gasteiger partial charge in [-0.2, -0.15) is 0 Å². The van der Waals surface area contributed by atoms with E-state index in [4.69, 9.17) is 9.47 Å². The molecule has 0 bridgehead atoms. The molecule has 2 saturated heterocycles. The van der Waals surface area contributed by atoms with Crippen LogP contribution in [0.5, 0.6) is 5.75 Å². The number of hydrogen-bond donors (Lipinski definition) is 0. The predicted molar refractivity (Wildman–Crippen MR) is 97.1 cm³/mol. The summed E-state index contributed by atoms with van der Waals surface area (Å²) in [6.07, 6.45) is 8.10. The normalized spacial score (nSPS) is 20.8. The van der Waals surface area contributed by atoms with Gasteiger partial charge in [0.25, 0.3) is 0 Å². The average Bonchev–Trinajstić information content (AvgIpc) is 2.53. The number of aromatic nitrogens is 1. The summed E-state index contributed by atoms with van der Waals surface area (Å²) in [5, 5.41) is 0. The maximum atomic E-state index is 12.2. The van der Waals surface area contributed by atoms with E-state index in [1.165, 1.54) is 19.3 Å². The SMILES string of the molecule is CC(C)(C)OC(=O)N1CC[C@H]1COc1cncc(N2CCCCC2)c1. The molecular weight excluding hydrogens is 318 g/mol. The van der Waals surface area contributed by atoms with Crippen molar-refractivity contribution in [2.75, 3.05) is 31.1 Å². The third-order valence-corrected chi connectivity index (χ3v) is 4.63. The second kappa shape index (κ2) is 7.50. The van der Waals surface area contributed by atoms with Crippen LogP contribution in [0.1, 0.15) is 46.5 Å². The molecule has 25 heavy (non-hydrogen) atoms. The van der Waals surface area contributed by atoms with Gasteiger partial charge in [0.05, 0.1) is 24.1 Å². The number of carbonyl (C=O) groups excluding carboxylic acids is 1. The minimum Gasteiger partial charge on any atom is -0.490 e. The summed E-state index contributed by atoms with van der Waals surface area (Å²) in [4.78, 5) is 20.6. The lowest BCUT2D eigenvalue weighted by molar-refractivity contribution is -0.0141. The van der Waals surface area contributed by atoms with Crippen molar-refractivity contribution in [2.24, 2.45) is 0 Å². The summed E-state index contributed by atoms with van der Waals surface area (Å²) in [7, 11) is 0. The van der Waals surface area contributed by atoms with Crippen LogP contribution in [-0.4, -0.2) is 53.9 Å². The Kier molecular flexibility index (Phi) is 5.35. The molecule has 0 saturated carbocycles. The molecule has 6 heteroatoms. The zero-order valence-electron chi connectivity index (χ0n) is 15.5. The van der Waals surface area contributed by atoms with Crippen LogP contribution in [0, 0.1) is 0 Å². The Balaban J connectivity index is 1.52. The molecule has 138 valence electrons. The number of carbonyl (C=O) groups is 1. The Morgan fingerprint density at radius 3 is 2.60 bits per heavy atom. The average molecular weight is 347 g/mol. The minimum atomic E-state index is -0.467. The van der Waals surface area contributed by atoms with Crippen LogP contribution in [-0.2, 0) is 4.74 Å². The maximum absolute atomic E-state index is 12.2. The number of likely N-dealkylation sites (tertiary alicyclic amines) is 1. The van der Waals surface area contributed by atoms with E-state index >= 15 is 0 Å². The highest BCUT2D eigenvalue weighted by molar-refractivity contribution is 5.69. The van der Waals surface area contributed by atoms with Crippen molar-refractivity contribution in [3.63, 3.8) is 0 Å². The smallest absolute Gasteiger partial charge is 0.410 e. The van der Waals surface area contributed by atoms with Crippen LogP contribution in [0.3, 0.4) is 0 Å². The highest BCUT2D eigenvalue weighted by atomic mass is 16.6. The van der Waals surface area contributed by atoms with Crippen molar-refractivity contribution >= 4 is 11.8 Å². The highest BCUT2D eigenvalue weighted by Gasteiger charge is 2.35. The van der Waals surface area contributed by atoms with Gasteiger partial charge in [0.1, 0.15) is 18.0 Å². The Morgan fingerprint density at radius 1 is 1.20 bits per heavy atom. The second-order valence-electron chi connectivity index (χ2n) is 7.85. The number of nitrogens with zero attached hydrogens (tertiary/aromatic N) is 3. The molecule has 1 amide bonds. The molecule has 1 aromatic heterocycles. The zero-order chi connectivity index (χ0) is 17.9. The largest absolute Gasteiger partial charge is 0.490 e. The topological polar surface area (TPSA) is 54.9 Å². The van der Waals surface area contributed by atoms with E-state index < -0.39 is 5.60 Å². The summed E-state index contributed by atoms with van der Waals surface area (Å²) in [6, 6.07) is 2.13. The number of hydrogen-bond acceptors (Lipinski definition) is 5. The lowest BCUT2D eigenvalue weighted by Crippen LogP contribution is -2.55. The molecule has 0 spiro atoms. The summed E-state index contributed by atoms with van der Waals surface area (Å²) in [5.74, 6) is 0.763. The first-order valence-electron chi connectivity index (χ1n) is 9.25. The molecule has 3 rings (SSSR count). The van der Waals surface area contributed by atoms with Gasteiger partial charge in [0.15, 0.2) is 0 Å². The van der Waals surface area contributed by atoms with Crippen LogP contribution < -0.4 is 9.64 Å². The molecule has 2 fully saturated rings. The van der Waals surface area contributed by atoms with Crippen molar-refractivity contribution in [1.82, 2.24) is 9.88 Å². The van der Waals surface area contributed by atoms with Gasteiger partial charge in [-0.15, -0.1) is 0 Å². The summed E-state index contributed by atoms with van der Waals surface area (Å²) >= 11 is 0. The fourth-order valence-electron chi connectivity index (χ4n) is 3.18. The number of anilines is 1. The molecule has 3 heterocycles. The quantitative estimate of drug-likeness (QED) is 0.835. The molecule has 2 aliphatic rings. The van der Waals surface area contributed by atoms with Crippen LogP contribution in [0.2, 0.25) is 0 Å². The molecular formula is C19H29N3O3. The molecule has 0 radical (unpaired) electrons. The first-order chi connectivity index (χ1) is 11.9. The van der Waals surface area contributed by atoms with E-state index in [2.05, 4.69) is 16.0 Å². The first-order valence-corrected chi connectivity index (χ1v) is 9.25. The van der Waals surface area contributed by atoms with Gasteiger partial charge in [-0.25, -0.2) is 4.79 Å². The highest BCUT2D eigenvalue weighted by Crippen LogP contribution is 2.25. The molecule has 1 atom stereocenters. The fraction of sp³-hybridized carbons (Fsp3) is 0.684. The van der Waals surface area contributed by atoms with Gasteiger partial charge in [-0.05, 0) is 46.5 Å². The summed E-state index contributed by atoms with van der Waals surface area (Å²) < 4.78 is 11.3. The van der Waals surface area contributed by atoms with Crippen molar-refractivity contribution in [3.8, 4) is 5.75 Å². The van der Waals surface area contributed by atoms with Gasteiger partial charge < -0.3 is 19.3 Å². The molecule has 0 N–H and O–H groups in total. The lowest BCUT2D eigenvalue weighted by atomic mass is 10.1. The summed E-state index contributed by atoms with van der Waals surface area (Å²) in [6.45, 7) is 9.02. The predicted octanol–water partition coefficient (Wildman–Crippen LogP) is 3.46. The number of rotatable bonds is 4. The van der Waals surface area contributed by atoms with Gasteiger partial charge >= 0.3 is 6.09 Å². The lowest BCUT2D eigenvalue weighted by Gasteiger charge is -2.41. The number of piperidine rings is 1. The minimum absolute atomic E-state index is 0.0773. The Bertz CT molecular complexity index is 594. The van der Waals surface area contributed by atoms with Crippen molar-refractivity contribution < 1.29 is 14.3 Å². The maximum Gasteiger partial charge on any atom is 0.410 e. The molecule has 0 aromatic carbocycles. The molecule has 1 aromatic rings. The van der Waals surface area contributed by atoms with Crippen molar-refractivity contribution in [2.45, 2.75) is 58.1 Å². The van der Waals surface area contributed by atoms with E-state index in [1.54, 1.807) is 11.1 Å². The molecule has 6 nitrogen and oxygen atoms in total. The van der Waals surface area contributed by atoms with E-state index in [9.17, 15) is 4.79 Å². The van der Waals surface area contributed by atoms with Crippen molar-refractivity contribution in [1.29, 1.82) is 0 Å². The van der Waals surface area contributed by atoms with Crippen LogP contribution in [0.25, 0.3) is 0 Å². The van der Waals surface area contributed by atoms with Gasteiger partial charge in [0.2, 0.25) is 0 Å². The molecule has 0 aliphatic carbocycles. The van der Waals surface area contributed by atoms with Gasteiger partial charge in [0, 0.05) is 25.7 Å². The zero-order valence-corrected chi connectivity index (χ0v) is 15.5. The first kappa shape index (κ1) is 17.8. The fourth-order valence-corrected chi connectivity index (χ4v) is 3.18. The monoisotopic (exact) mass is 347 g/mol. The second-order valence-corrected chi connectivity index (χ2v) is 7.85. The van der Waals surface area contributed by atoms with E-state index in [1.807, 2.05) is 27.0 Å². The Hall–Kier alpha value is -1.98. The van der Waals surface area contributed by atoms with Gasteiger partial charge in [-0.3, -0.25) is 4.98 Å². The standard InChI is InChI=1S/C19H29N3O3/c1-19(2,3)25-18(23)22-10-7-15(22)14-24-17-11-16(12-20-13-17)21-8-5-4-6-9-21/h11-13,15H,4-10,14H2,1-3H3/t15-/m0/s1. The summed E-state index contributed by atoms with van der Waals surface area (Å²) in [5.41, 5.74) is 0.653. The van der Waals surface area contributed by atoms with E-state index in [0.717, 1.165) is 37.5 Å². The van der Waals surface area contributed by atoms with E-state index in [0.29, 0.717) is 6.61 Å². The molecule has 2 aliphatic heterocycles. The van der Waals surface area contributed by atoms with Crippen LogP contribution in [0.15, 0.2) is 18.5 Å².